The van der Waals surface area contributed by atoms with Crippen molar-refractivity contribution < 1.29 is 14.7 Å². The molecule has 2 rings (SSSR count). The molecule has 5 nitrogen and oxygen atoms in total. The molecule has 0 bridgehead atoms. The summed E-state index contributed by atoms with van der Waals surface area (Å²) in [5.41, 5.74) is -0.670. The van der Waals surface area contributed by atoms with Gasteiger partial charge in [0, 0.05) is 19.1 Å². The fraction of sp³-hybridized carbons (Fsp3) is 0.833. The number of carboxylic acid groups (broad SMARTS) is 1. The summed E-state index contributed by atoms with van der Waals surface area (Å²) in [5, 5.41) is 11.8. The predicted molar refractivity (Wildman–Crippen MR) is 62.7 cm³/mol. The number of nitrogens with zero attached hydrogens (tertiary/aromatic N) is 1. The van der Waals surface area contributed by atoms with E-state index in [0.717, 1.165) is 25.8 Å². The molecule has 96 valence electrons. The molecule has 0 aromatic heterocycles. The van der Waals surface area contributed by atoms with E-state index in [1.807, 2.05) is 11.8 Å². The molecule has 0 aromatic rings. The lowest BCUT2D eigenvalue weighted by Gasteiger charge is -2.23. The molecule has 0 unspecified atom stereocenters. The highest BCUT2D eigenvalue weighted by molar-refractivity contribution is 5.80. The van der Waals surface area contributed by atoms with E-state index in [1.165, 1.54) is 0 Å². The number of rotatable bonds is 6. The molecule has 0 atom stereocenters. The zero-order chi connectivity index (χ0) is 12.5. The van der Waals surface area contributed by atoms with Crippen LogP contribution in [0.15, 0.2) is 0 Å². The molecule has 2 amide bonds. The quantitative estimate of drug-likeness (QED) is 0.738. The van der Waals surface area contributed by atoms with Gasteiger partial charge < -0.3 is 15.3 Å². The van der Waals surface area contributed by atoms with Crippen LogP contribution >= 0.6 is 0 Å². The van der Waals surface area contributed by atoms with Gasteiger partial charge in [0.2, 0.25) is 0 Å². The molecule has 2 aliphatic carbocycles. The molecular formula is C12H20N2O3. The van der Waals surface area contributed by atoms with Crippen LogP contribution in [0.25, 0.3) is 0 Å². The standard InChI is InChI=1S/C12H20N2O3/c1-2-7-14(9-3-4-9)11(17)13-8-12(5-6-12)10(15)16/h9H,2-8H2,1H3,(H,13,17)(H,15,16). The number of aliphatic carboxylic acids is 1. The summed E-state index contributed by atoms with van der Waals surface area (Å²) in [6, 6.07) is 0.289. The van der Waals surface area contributed by atoms with Gasteiger partial charge >= 0.3 is 12.0 Å². The summed E-state index contributed by atoms with van der Waals surface area (Å²) in [6.45, 7) is 3.08. The normalized spacial score (nSPS) is 20.8. The third kappa shape index (κ3) is 2.70. The van der Waals surface area contributed by atoms with Gasteiger partial charge in [-0.2, -0.15) is 0 Å². The van der Waals surface area contributed by atoms with Crippen LogP contribution in [0.3, 0.4) is 0 Å². The molecular weight excluding hydrogens is 220 g/mol. The second kappa shape index (κ2) is 4.55. The van der Waals surface area contributed by atoms with E-state index in [1.54, 1.807) is 0 Å². The summed E-state index contributed by atoms with van der Waals surface area (Å²) >= 11 is 0. The van der Waals surface area contributed by atoms with Crippen molar-refractivity contribution in [1.29, 1.82) is 0 Å². The van der Waals surface area contributed by atoms with Crippen molar-refractivity contribution in [2.45, 2.75) is 45.1 Å². The number of amides is 2. The van der Waals surface area contributed by atoms with E-state index in [0.29, 0.717) is 18.9 Å². The highest BCUT2D eigenvalue weighted by Crippen LogP contribution is 2.45. The highest BCUT2D eigenvalue weighted by atomic mass is 16.4. The molecule has 0 spiro atoms. The summed E-state index contributed by atoms with van der Waals surface area (Å²) < 4.78 is 0. The van der Waals surface area contributed by atoms with Gasteiger partial charge in [0.15, 0.2) is 0 Å². The molecule has 0 saturated heterocycles. The summed E-state index contributed by atoms with van der Waals surface area (Å²) in [4.78, 5) is 24.8. The van der Waals surface area contributed by atoms with Crippen LogP contribution in [-0.2, 0) is 4.79 Å². The zero-order valence-corrected chi connectivity index (χ0v) is 10.2. The van der Waals surface area contributed by atoms with Crippen LogP contribution in [0.1, 0.15) is 39.0 Å². The first-order chi connectivity index (χ1) is 8.09. The molecule has 0 radical (unpaired) electrons. The third-order valence-corrected chi connectivity index (χ3v) is 3.60. The van der Waals surface area contributed by atoms with E-state index in [-0.39, 0.29) is 12.6 Å². The van der Waals surface area contributed by atoms with Crippen LogP contribution in [-0.4, -0.2) is 41.1 Å². The van der Waals surface area contributed by atoms with Crippen molar-refractivity contribution in [3.05, 3.63) is 0 Å². The number of urea groups is 1. The number of hydrogen-bond acceptors (Lipinski definition) is 2. The minimum absolute atomic E-state index is 0.0955. The maximum atomic E-state index is 11.9. The Labute approximate surface area is 101 Å². The van der Waals surface area contributed by atoms with Crippen LogP contribution in [0.4, 0.5) is 4.79 Å². The predicted octanol–water partition coefficient (Wildman–Crippen LogP) is 1.44. The molecule has 2 N–H and O–H groups in total. The second-order valence-electron chi connectivity index (χ2n) is 5.17. The molecule has 17 heavy (non-hydrogen) atoms. The van der Waals surface area contributed by atoms with Crippen molar-refractivity contribution in [3.63, 3.8) is 0 Å². The van der Waals surface area contributed by atoms with E-state index in [2.05, 4.69) is 5.32 Å². The summed E-state index contributed by atoms with van der Waals surface area (Å²) in [7, 11) is 0. The molecule has 2 fully saturated rings. The lowest BCUT2D eigenvalue weighted by molar-refractivity contribution is -0.143. The molecule has 0 aliphatic heterocycles. The first-order valence-corrected chi connectivity index (χ1v) is 6.37. The average molecular weight is 240 g/mol. The Balaban J connectivity index is 1.81. The van der Waals surface area contributed by atoms with Gasteiger partial charge in [-0.15, -0.1) is 0 Å². The molecule has 2 saturated carbocycles. The molecule has 0 heterocycles. The smallest absolute Gasteiger partial charge is 0.317 e. The van der Waals surface area contributed by atoms with Crippen molar-refractivity contribution in [2.24, 2.45) is 5.41 Å². The van der Waals surface area contributed by atoms with Gasteiger partial charge in [0.1, 0.15) is 0 Å². The van der Waals surface area contributed by atoms with Gasteiger partial charge in [-0.3, -0.25) is 4.79 Å². The number of carbonyl (C=O) groups excluding carboxylic acids is 1. The van der Waals surface area contributed by atoms with Gasteiger partial charge in [-0.1, -0.05) is 6.92 Å². The van der Waals surface area contributed by atoms with E-state index in [9.17, 15) is 9.59 Å². The van der Waals surface area contributed by atoms with E-state index in [4.69, 9.17) is 5.11 Å². The topological polar surface area (TPSA) is 69.6 Å². The minimum atomic E-state index is -0.786. The van der Waals surface area contributed by atoms with Crippen molar-refractivity contribution in [2.75, 3.05) is 13.1 Å². The number of carbonyl (C=O) groups is 2. The fourth-order valence-electron chi connectivity index (χ4n) is 2.04. The Morgan fingerprint density at radius 3 is 2.47 bits per heavy atom. The Morgan fingerprint density at radius 2 is 2.06 bits per heavy atom. The number of nitrogens with one attached hydrogen (secondary N) is 1. The van der Waals surface area contributed by atoms with Crippen LogP contribution in [0.2, 0.25) is 0 Å². The summed E-state index contributed by atoms with van der Waals surface area (Å²) in [6.07, 6.45) is 4.46. The molecule has 2 aliphatic rings. The monoisotopic (exact) mass is 240 g/mol. The largest absolute Gasteiger partial charge is 0.481 e. The number of hydrogen-bond donors (Lipinski definition) is 2. The Bertz CT molecular complexity index is 322. The van der Waals surface area contributed by atoms with Crippen molar-refractivity contribution >= 4 is 12.0 Å². The van der Waals surface area contributed by atoms with E-state index < -0.39 is 11.4 Å². The Kier molecular flexibility index (Phi) is 3.26. The molecule has 5 heteroatoms. The van der Waals surface area contributed by atoms with Gasteiger partial charge in [-0.05, 0) is 32.1 Å². The van der Waals surface area contributed by atoms with Crippen molar-refractivity contribution in [3.8, 4) is 0 Å². The molecule has 0 aromatic carbocycles. The lowest BCUT2D eigenvalue weighted by Crippen LogP contribution is -2.44. The number of carboxylic acids is 1. The fourth-order valence-corrected chi connectivity index (χ4v) is 2.04. The van der Waals surface area contributed by atoms with E-state index >= 15 is 0 Å². The Hall–Kier alpha value is -1.26. The highest BCUT2D eigenvalue weighted by Gasteiger charge is 2.50. The van der Waals surface area contributed by atoms with Crippen molar-refractivity contribution in [1.82, 2.24) is 10.2 Å². The van der Waals surface area contributed by atoms with Gasteiger partial charge in [-0.25, -0.2) is 4.79 Å². The Morgan fingerprint density at radius 1 is 1.41 bits per heavy atom. The third-order valence-electron chi connectivity index (χ3n) is 3.60. The van der Waals surface area contributed by atoms with Gasteiger partial charge in [0.05, 0.1) is 5.41 Å². The minimum Gasteiger partial charge on any atom is -0.481 e. The van der Waals surface area contributed by atoms with Crippen LogP contribution in [0.5, 0.6) is 0 Å². The lowest BCUT2D eigenvalue weighted by atomic mass is 10.1. The first kappa shape index (κ1) is 12.2. The first-order valence-electron chi connectivity index (χ1n) is 6.37. The maximum Gasteiger partial charge on any atom is 0.317 e. The summed E-state index contributed by atoms with van der Waals surface area (Å²) in [5.74, 6) is -0.786. The average Bonchev–Trinajstić information content (AvgIpc) is 3.16. The zero-order valence-electron chi connectivity index (χ0n) is 10.2. The van der Waals surface area contributed by atoms with Gasteiger partial charge in [0.25, 0.3) is 0 Å². The SMILES string of the molecule is CCCN(C(=O)NCC1(C(=O)O)CC1)C1CC1. The van der Waals surface area contributed by atoms with Crippen LogP contribution < -0.4 is 5.32 Å². The second-order valence-corrected chi connectivity index (χ2v) is 5.17. The van der Waals surface area contributed by atoms with Crippen LogP contribution in [0, 0.1) is 5.41 Å². The maximum absolute atomic E-state index is 11.9.